The van der Waals surface area contributed by atoms with E-state index < -0.39 is 0 Å². The number of nitrogens with zero attached hydrogens (tertiary/aromatic N) is 3. The molecule has 1 atom stereocenters. The van der Waals surface area contributed by atoms with Crippen molar-refractivity contribution in [1.82, 2.24) is 4.98 Å². The highest BCUT2D eigenvalue weighted by Crippen LogP contribution is 2.43. The van der Waals surface area contributed by atoms with E-state index in [1.54, 1.807) is 18.5 Å². The zero-order chi connectivity index (χ0) is 19.1. The molecule has 0 radical (unpaired) electrons. The molecule has 5 rings (SSSR count). The topological polar surface area (TPSA) is 77.7 Å². The Morgan fingerprint density at radius 2 is 1.93 bits per heavy atom. The highest BCUT2D eigenvalue weighted by atomic mass is 16.6. The van der Waals surface area contributed by atoms with Gasteiger partial charge >= 0.3 is 0 Å². The van der Waals surface area contributed by atoms with E-state index >= 15 is 0 Å². The molecule has 7 heteroatoms. The summed E-state index contributed by atoms with van der Waals surface area (Å²) in [6.45, 7) is 2.03. The maximum Gasteiger partial charge on any atom is 0.278 e. The first-order valence-corrected chi connectivity index (χ1v) is 9.40. The maximum absolute atomic E-state index is 11.4. The van der Waals surface area contributed by atoms with E-state index in [0.717, 1.165) is 42.0 Å². The second-order valence-corrected chi connectivity index (χ2v) is 7.04. The molecule has 7 nitrogen and oxygen atoms in total. The molecule has 28 heavy (non-hydrogen) atoms. The SMILES string of the molecule is O=[N+]([O-])c1ccc(N2CCC[C@@H]2c2ccc3c(c2)OCCO3)c2ccncc12. The van der Waals surface area contributed by atoms with Crippen molar-refractivity contribution >= 4 is 22.1 Å². The lowest BCUT2D eigenvalue weighted by molar-refractivity contribution is -0.383. The van der Waals surface area contributed by atoms with Crippen LogP contribution in [-0.4, -0.2) is 29.7 Å². The fraction of sp³-hybridized carbons (Fsp3) is 0.286. The Kier molecular flexibility index (Phi) is 4.00. The van der Waals surface area contributed by atoms with Crippen molar-refractivity contribution in [3.8, 4) is 11.5 Å². The van der Waals surface area contributed by atoms with Crippen molar-refractivity contribution in [1.29, 1.82) is 0 Å². The Morgan fingerprint density at radius 3 is 2.79 bits per heavy atom. The van der Waals surface area contributed by atoms with Gasteiger partial charge in [0.15, 0.2) is 11.5 Å². The van der Waals surface area contributed by atoms with Crippen LogP contribution in [0.4, 0.5) is 11.4 Å². The fourth-order valence-electron chi connectivity index (χ4n) is 4.24. The molecule has 1 fully saturated rings. The van der Waals surface area contributed by atoms with Crippen LogP contribution >= 0.6 is 0 Å². The van der Waals surface area contributed by atoms with Crippen LogP contribution in [-0.2, 0) is 0 Å². The van der Waals surface area contributed by atoms with Crippen LogP contribution in [0.1, 0.15) is 24.4 Å². The average molecular weight is 377 g/mol. The van der Waals surface area contributed by atoms with Gasteiger partial charge in [0.2, 0.25) is 0 Å². The molecule has 1 aromatic heterocycles. The van der Waals surface area contributed by atoms with Gasteiger partial charge in [-0.15, -0.1) is 0 Å². The van der Waals surface area contributed by atoms with Crippen LogP contribution in [0.25, 0.3) is 10.8 Å². The molecule has 0 unspecified atom stereocenters. The Hall–Kier alpha value is -3.35. The number of pyridine rings is 1. The summed E-state index contributed by atoms with van der Waals surface area (Å²) in [6.07, 6.45) is 5.34. The first-order valence-electron chi connectivity index (χ1n) is 9.40. The number of nitro groups is 1. The minimum atomic E-state index is -0.351. The van der Waals surface area contributed by atoms with E-state index in [-0.39, 0.29) is 16.7 Å². The Bertz CT molecular complexity index is 1070. The van der Waals surface area contributed by atoms with Gasteiger partial charge in [0.1, 0.15) is 13.2 Å². The number of fused-ring (bicyclic) bond motifs is 2. The summed E-state index contributed by atoms with van der Waals surface area (Å²) in [6, 6.07) is 11.6. The first-order chi connectivity index (χ1) is 13.7. The molecular weight excluding hydrogens is 358 g/mol. The van der Waals surface area contributed by atoms with Gasteiger partial charge < -0.3 is 14.4 Å². The molecule has 0 saturated carbocycles. The second kappa shape index (κ2) is 6.67. The lowest BCUT2D eigenvalue weighted by atomic mass is 10.0. The maximum atomic E-state index is 11.4. The number of hydrogen-bond acceptors (Lipinski definition) is 6. The summed E-state index contributed by atoms with van der Waals surface area (Å²) in [5, 5.41) is 12.8. The smallest absolute Gasteiger partial charge is 0.278 e. The zero-order valence-electron chi connectivity index (χ0n) is 15.2. The molecule has 2 aliphatic heterocycles. The van der Waals surface area contributed by atoms with E-state index in [0.29, 0.717) is 18.6 Å². The van der Waals surface area contributed by atoms with Gasteiger partial charge in [0.05, 0.1) is 16.4 Å². The number of nitro benzene ring substituents is 1. The second-order valence-electron chi connectivity index (χ2n) is 7.04. The van der Waals surface area contributed by atoms with Crippen LogP contribution in [0.5, 0.6) is 11.5 Å². The predicted molar refractivity (Wildman–Crippen MR) is 105 cm³/mol. The molecule has 0 aliphatic carbocycles. The van der Waals surface area contributed by atoms with Crippen molar-refractivity contribution < 1.29 is 14.4 Å². The number of benzene rings is 2. The van der Waals surface area contributed by atoms with Crippen molar-refractivity contribution in [3.63, 3.8) is 0 Å². The molecule has 2 aliphatic rings. The van der Waals surface area contributed by atoms with E-state index in [1.165, 1.54) is 5.56 Å². The van der Waals surface area contributed by atoms with Crippen molar-refractivity contribution in [3.05, 3.63) is 64.5 Å². The van der Waals surface area contributed by atoms with Gasteiger partial charge in [0, 0.05) is 36.1 Å². The summed E-state index contributed by atoms with van der Waals surface area (Å²) >= 11 is 0. The monoisotopic (exact) mass is 377 g/mol. The highest BCUT2D eigenvalue weighted by Gasteiger charge is 2.29. The highest BCUT2D eigenvalue weighted by molar-refractivity contribution is 5.99. The van der Waals surface area contributed by atoms with E-state index in [4.69, 9.17) is 9.47 Å². The summed E-state index contributed by atoms with van der Waals surface area (Å²) in [5.74, 6) is 1.57. The lowest BCUT2D eigenvalue weighted by Crippen LogP contribution is -2.23. The van der Waals surface area contributed by atoms with Crippen LogP contribution in [0.2, 0.25) is 0 Å². The van der Waals surface area contributed by atoms with Crippen LogP contribution < -0.4 is 14.4 Å². The number of ether oxygens (including phenoxy) is 2. The van der Waals surface area contributed by atoms with Crippen molar-refractivity contribution in [2.45, 2.75) is 18.9 Å². The number of hydrogen-bond donors (Lipinski definition) is 0. The standard InChI is InChI=1S/C21H19N3O4/c25-24(26)19-5-4-18(15-7-8-22-13-16(15)19)23-9-1-2-17(23)14-3-6-20-21(12-14)28-11-10-27-20/h3-8,12-13,17H,1-2,9-11H2/t17-/m1/s1. The normalized spacial score (nSPS) is 18.4. The molecular formula is C21H19N3O4. The molecule has 2 aromatic carbocycles. The van der Waals surface area contributed by atoms with Gasteiger partial charge in [-0.3, -0.25) is 15.1 Å². The van der Waals surface area contributed by atoms with Gasteiger partial charge in [-0.1, -0.05) is 6.07 Å². The molecule has 0 N–H and O–H groups in total. The molecule has 3 heterocycles. The Balaban J connectivity index is 1.58. The summed E-state index contributed by atoms with van der Waals surface area (Å²) in [4.78, 5) is 17.5. The van der Waals surface area contributed by atoms with Crippen LogP contribution in [0, 0.1) is 10.1 Å². The lowest BCUT2D eigenvalue weighted by Gasteiger charge is -2.29. The van der Waals surface area contributed by atoms with Gasteiger partial charge in [-0.25, -0.2) is 0 Å². The van der Waals surface area contributed by atoms with Crippen LogP contribution in [0.3, 0.4) is 0 Å². The van der Waals surface area contributed by atoms with Gasteiger partial charge in [-0.05, 0) is 42.7 Å². The van der Waals surface area contributed by atoms with E-state index in [1.807, 2.05) is 18.2 Å². The van der Waals surface area contributed by atoms with E-state index in [9.17, 15) is 10.1 Å². The Labute approximate surface area is 161 Å². The number of anilines is 1. The van der Waals surface area contributed by atoms with Crippen molar-refractivity contribution in [2.24, 2.45) is 0 Å². The molecule has 0 bridgehead atoms. The zero-order valence-corrected chi connectivity index (χ0v) is 15.2. The molecule has 0 spiro atoms. The van der Waals surface area contributed by atoms with Crippen LogP contribution in [0.15, 0.2) is 48.8 Å². The quantitative estimate of drug-likeness (QED) is 0.501. The number of non-ortho nitro benzene ring substituents is 1. The summed E-state index contributed by atoms with van der Waals surface area (Å²) in [5.41, 5.74) is 2.25. The molecule has 142 valence electrons. The minimum absolute atomic E-state index is 0.0851. The van der Waals surface area contributed by atoms with Gasteiger partial charge in [0.25, 0.3) is 5.69 Å². The summed E-state index contributed by atoms with van der Waals surface area (Å²) in [7, 11) is 0. The predicted octanol–water partition coefficient (Wildman–Crippen LogP) is 4.26. The fourth-order valence-corrected chi connectivity index (χ4v) is 4.24. The Morgan fingerprint density at radius 1 is 1.07 bits per heavy atom. The third-order valence-electron chi connectivity index (χ3n) is 5.48. The molecule has 3 aromatic rings. The minimum Gasteiger partial charge on any atom is -0.486 e. The molecule has 0 amide bonds. The van der Waals surface area contributed by atoms with Gasteiger partial charge in [-0.2, -0.15) is 0 Å². The number of rotatable bonds is 3. The third-order valence-corrected chi connectivity index (χ3v) is 5.48. The van der Waals surface area contributed by atoms with Crippen molar-refractivity contribution in [2.75, 3.05) is 24.7 Å². The molecule has 1 saturated heterocycles. The number of aromatic nitrogens is 1. The third kappa shape index (κ3) is 2.70. The largest absolute Gasteiger partial charge is 0.486 e. The summed E-state index contributed by atoms with van der Waals surface area (Å²) < 4.78 is 11.4. The average Bonchev–Trinajstić information content (AvgIpc) is 3.22. The first kappa shape index (κ1) is 16.8. The van der Waals surface area contributed by atoms with E-state index in [2.05, 4.69) is 22.0 Å².